The number of rotatable bonds is 9. The van der Waals surface area contributed by atoms with E-state index in [4.69, 9.17) is 4.74 Å². The second kappa shape index (κ2) is 9.09. The van der Waals surface area contributed by atoms with E-state index in [0.717, 1.165) is 0 Å². The second-order valence-electron chi connectivity index (χ2n) is 5.66. The molecule has 0 N–H and O–H groups in total. The third-order valence-electron chi connectivity index (χ3n) is 3.63. The van der Waals surface area contributed by atoms with E-state index < -0.39 is 42.4 Å². The maximum atomic E-state index is 12.6. The predicted molar refractivity (Wildman–Crippen MR) is 79.9 cm³/mol. The fourth-order valence-corrected chi connectivity index (χ4v) is 2.04. The quantitative estimate of drug-likeness (QED) is 0.252. The molecule has 0 aliphatic rings. The number of halogens is 6. The zero-order valence-corrected chi connectivity index (χ0v) is 14.3. The molecule has 0 heterocycles. The van der Waals surface area contributed by atoms with Crippen LogP contribution < -0.4 is 0 Å². The first kappa shape index (κ1) is 24.0. The molecule has 1 atom stereocenters. The standard InChI is InChI=1S/C16H20F6O4/c1-5-7-14(6-2,8-9-25-11(23)10(3)4)13(24)26-12(15(17,18)19)16(20,21)22/h5,12H,1,3,6-9H2,2,4H3. The molecule has 0 aliphatic heterocycles. The van der Waals surface area contributed by atoms with Gasteiger partial charge in [0.15, 0.2) is 0 Å². The Balaban J connectivity index is 5.43. The lowest BCUT2D eigenvalue weighted by Gasteiger charge is -2.32. The molecule has 0 aromatic rings. The number of allylic oxidation sites excluding steroid dienone is 1. The number of hydrogen-bond acceptors (Lipinski definition) is 4. The summed E-state index contributed by atoms with van der Waals surface area (Å²) in [6.45, 7) is 9.00. The Morgan fingerprint density at radius 3 is 1.96 bits per heavy atom. The zero-order valence-electron chi connectivity index (χ0n) is 14.3. The lowest BCUT2D eigenvalue weighted by atomic mass is 9.79. The second-order valence-corrected chi connectivity index (χ2v) is 5.66. The van der Waals surface area contributed by atoms with Crippen LogP contribution in [0.15, 0.2) is 24.8 Å². The normalized spacial score (nSPS) is 14.5. The number of carbonyl (C=O) groups is 2. The van der Waals surface area contributed by atoms with Crippen molar-refractivity contribution in [2.24, 2.45) is 5.41 Å². The highest BCUT2D eigenvalue weighted by Crippen LogP contribution is 2.40. The Kier molecular flexibility index (Phi) is 8.39. The van der Waals surface area contributed by atoms with Crippen LogP contribution in [0.3, 0.4) is 0 Å². The van der Waals surface area contributed by atoms with E-state index in [9.17, 15) is 35.9 Å². The van der Waals surface area contributed by atoms with E-state index in [0.29, 0.717) is 0 Å². The maximum Gasteiger partial charge on any atom is 0.434 e. The minimum atomic E-state index is -5.81. The molecule has 0 aromatic carbocycles. The molecule has 150 valence electrons. The molecule has 0 rings (SSSR count). The highest BCUT2D eigenvalue weighted by Gasteiger charge is 2.60. The van der Waals surface area contributed by atoms with E-state index in [1.165, 1.54) is 19.9 Å². The van der Waals surface area contributed by atoms with E-state index >= 15 is 0 Å². The highest BCUT2D eigenvalue weighted by atomic mass is 19.4. The molecule has 0 amide bonds. The third kappa shape index (κ3) is 6.72. The average Bonchev–Trinajstić information content (AvgIpc) is 2.48. The molecule has 0 saturated heterocycles. The van der Waals surface area contributed by atoms with Crippen LogP contribution >= 0.6 is 0 Å². The smallest absolute Gasteiger partial charge is 0.434 e. The van der Waals surface area contributed by atoms with Crippen molar-refractivity contribution in [1.29, 1.82) is 0 Å². The molecule has 0 aromatic heterocycles. The number of carbonyl (C=O) groups excluding carboxylic acids is 2. The zero-order chi connectivity index (χ0) is 20.8. The van der Waals surface area contributed by atoms with Crippen LogP contribution in [-0.2, 0) is 19.1 Å². The van der Waals surface area contributed by atoms with E-state index in [2.05, 4.69) is 17.9 Å². The van der Waals surface area contributed by atoms with Gasteiger partial charge in [-0.15, -0.1) is 6.58 Å². The Morgan fingerprint density at radius 1 is 1.12 bits per heavy atom. The molecule has 0 bridgehead atoms. The molecule has 0 fully saturated rings. The summed E-state index contributed by atoms with van der Waals surface area (Å²) in [6.07, 6.45) is -15.4. The Hall–Kier alpha value is -2.00. The summed E-state index contributed by atoms with van der Waals surface area (Å²) in [6, 6.07) is 0. The van der Waals surface area contributed by atoms with Crippen LogP contribution in [0.2, 0.25) is 0 Å². The number of ether oxygens (including phenoxy) is 2. The van der Waals surface area contributed by atoms with Crippen LogP contribution in [0.1, 0.15) is 33.1 Å². The summed E-state index contributed by atoms with van der Waals surface area (Å²) < 4.78 is 84.2. The molecule has 10 heteroatoms. The maximum absolute atomic E-state index is 12.6. The lowest BCUT2D eigenvalue weighted by molar-refractivity contribution is -0.315. The largest absolute Gasteiger partial charge is 0.462 e. The summed E-state index contributed by atoms with van der Waals surface area (Å²) in [5.41, 5.74) is -1.70. The van der Waals surface area contributed by atoms with Crippen molar-refractivity contribution in [3.8, 4) is 0 Å². The van der Waals surface area contributed by atoms with Gasteiger partial charge < -0.3 is 9.47 Å². The van der Waals surface area contributed by atoms with Gasteiger partial charge in [0.25, 0.3) is 6.10 Å². The minimum Gasteiger partial charge on any atom is -0.462 e. The van der Waals surface area contributed by atoms with E-state index in [1.54, 1.807) is 0 Å². The molecule has 0 spiro atoms. The van der Waals surface area contributed by atoms with Gasteiger partial charge in [-0.1, -0.05) is 19.6 Å². The summed E-state index contributed by atoms with van der Waals surface area (Å²) in [5, 5.41) is 0. The molecule has 4 nitrogen and oxygen atoms in total. The van der Waals surface area contributed by atoms with Crippen LogP contribution in [0, 0.1) is 5.41 Å². The highest BCUT2D eigenvalue weighted by molar-refractivity contribution is 5.87. The molecule has 26 heavy (non-hydrogen) atoms. The fourth-order valence-electron chi connectivity index (χ4n) is 2.04. The van der Waals surface area contributed by atoms with Crippen LogP contribution in [-0.4, -0.2) is 37.0 Å². The van der Waals surface area contributed by atoms with Gasteiger partial charge in [-0.25, -0.2) is 4.79 Å². The Labute approximate surface area is 146 Å². The summed E-state index contributed by atoms with van der Waals surface area (Å²) >= 11 is 0. The van der Waals surface area contributed by atoms with Gasteiger partial charge in [-0.2, -0.15) is 26.3 Å². The topological polar surface area (TPSA) is 52.6 Å². The third-order valence-corrected chi connectivity index (χ3v) is 3.63. The van der Waals surface area contributed by atoms with Gasteiger partial charge in [-0.3, -0.25) is 4.79 Å². The van der Waals surface area contributed by atoms with Gasteiger partial charge in [-0.05, 0) is 26.2 Å². The molecular weight excluding hydrogens is 370 g/mol. The number of esters is 2. The van der Waals surface area contributed by atoms with Crippen molar-refractivity contribution in [3.05, 3.63) is 24.8 Å². The molecule has 0 saturated carbocycles. The molecule has 1 unspecified atom stereocenters. The van der Waals surface area contributed by atoms with Gasteiger partial charge in [0.1, 0.15) is 0 Å². The first-order valence-corrected chi connectivity index (χ1v) is 7.49. The monoisotopic (exact) mass is 390 g/mol. The Morgan fingerprint density at radius 2 is 1.62 bits per heavy atom. The van der Waals surface area contributed by atoms with Gasteiger partial charge in [0.05, 0.1) is 12.0 Å². The Bertz CT molecular complexity index is 524. The van der Waals surface area contributed by atoms with Crippen molar-refractivity contribution in [3.63, 3.8) is 0 Å². The molecule has 0 aliphatic carbocycles. The van der Waals surface area contributed by atoms with Crippen molar-refractivity contribution in [2.75, 3.05) is 6.61 Å². The number of hydrogen-bond donors (Lipinski definition) is 0. The molecule has 0 radical (unpaired) electrons. The van der Waals surface area contributed by atoms with Crippen molar-refractivity contribution >= 4 is 11.9 Å². The number of alkyl halides is 6. The lowest BCUT2D eigenvalue weighted by Crippen LogP contribution is -2.48. The average molecular weight is 390 g/mol. The SMILES string of the molecule is C=CCC(CC)(CCOC(=O)C(=C)C)C(=O)OC(C(F)(F)F)C(F)(F)F. The van der Waals surface area contributed by atoms with Crippen LogP contribution in [0.5, 0.6) is 0 Å². The van der Waals surface area contributed by atoms with Crippen LogP contribution in [0.25, 0.3) is 0 Å². The van der Waals surface area contributed by atoms with Crippen molar-refractivity contribution < 1.29 is 45.4 Å². The van der Waals surface area contributed by atoms with Gasteiger partial charge in [0.2, 0.25) is 0 Å². The first-order valence-electron chi connectivity index (χ1n) is 7.49. The summed E-state index contributed by atoms with van der Waals surface area (Å²) in [5.74, 6) is -2.49. The summed E-state index contributed by atoms with van der Waals surface area (Å²) in [7, 11) is 0. The first-order chi connectivity index (χ1) is 11.7. The molecular formula is C16H20F6O4. The minimum absolute atomic E-state index is 0.0487. The summed E-state index contributed by atoms with van der Waals surface area (Å²) in [4.78, 5) is 23.5. The predicted octanol–water partition coefficient (Wildman–Crippen LogP) is 4.50. The van der Waals surface area contributed by atoms with Crippen LogP contribution in [0.4, 0.5) is 26.3 Å². The fraction of sp³-hybridized carbons (Fsp3) is 0.625. The van der Waals surface area contributed by atoms with Gasteiger partial charge >= 0.3 is 24.3 Å². The van der Waals surface area contributed by atoms with E-state index in [-0.39, 0.29) is 24.8 Å². The van der Waals surface area contributed by atoms with Crippen molar-refractivity contribution in [2.45, 2.75) is 51.6 Å². The van der Waals surface area contributed by atoms with Crippen molar-refractivity contribution in [1.82, 2.24) is 0 Å². The van der Waals surface area contributed by atoms with Gasteiger partial charge in [0, 0.05) is 5.57 Å². The van der Waals surface area contributed by atoms with E-state index in [1.807, 2.05) is 0 Å².